The van der Waals surface area contributed by atoms with Crippen LogP contribution in [-0.2, 0) is 12.8 Å². The Bertz CT molecular complexity index is 752. The van der Waals surface area contributed by atoms with E-state index in [1.165, 1.54) is 18.4 Å². The van der Waals surface area contributed by atoms with Gasteiger partial charge >= 0.3 is 0 Å². The Labute approximate surface area is 156 Å². The first-order valence-electron chi connectivity index (χ1n) is 8.42. The minimum atomic E-state index is -0.256. The highest BCUT2D eigenvalue weighted by Gasteiger charge is 2.19. The Kier molecular flexibility index (Phi) is 5.81. The van der Waals surface area contributed by atoms with Crippen LogP contribution in [0.15, 0.2) is 12.1 Å². The molecule has 1 aromatic heterocycles. The van der Waals surface area contributed by atoms with Gasteiger partial charge < -0.3 is 9.47 Å². The summed E-state index contributed by atoms with van der Waals surface area (Å²) in [5.74, 6) is 0.658. The highest BCUT2D eigenvalue weighted by molar-refractivity contribution is 7.15. The molecule has 0 bridgehead atoms. The second kappa shape index (κ2) is 8.06. The number of aromatic nitrogens is 1. The van der Waals surface area contributed by atoms with Gasteiger partial charge in [-0.05, 0) is 44.2 Å². The van der Waals surface area contributed by atoms with Crippen molar-refractivity contribution in [2.45, 2.75) is 39.0 Å². The third kappa shape index (κ3) is 4.07. The molecule has 0 fully saturated rings. The second-order valence-corrected chi connectivity index (χ2v) is 7.38. The summed E-state index contributed by atoms with van der Waals surface area (Å²) >= 11 is 7.84. The maximum Gasteiger partial charge on any atom is 0.257 e. The van der Waals surface area contributed by atoms with Crippen LogP contribution in [0.25, 0.3) is 0 Å². The third-order valence-corrected chi connectivity index (χ3v) is 5.36. The van der Waals surface area contributed by atoms with E-state index in [1.54, 1.807) is 23.5 Å². The summed E-state index contributed by atoms with van der Waals surface area (Å²) < 4.78 is 10.9. The number of fused-ring (bicyclic) bond motifs is 1. The molecule has 134 valence electrons. The molecule has 0 unspecified atom stereocenters. The molecule has 0 aliphatic heterocycles. The molecule has 0 saturated heterocycles. The van der Waals surface area contributed by atoms with Crippen LogP contribution in [0.3, 0.4) is 0 Å². The van der Waals surface area contributed by atoms with Gasteiger partial charge in [0.15, 0.2) is 16.6 Å². The van der Waals surface area contributed by atoms with Gasteiger partial charge in [-0.3, -0.25) is 10.1 Å². The SMILES string of the molecule is CCCOc1c(Cl)cc(C(=O)Nc2nc3c(s2)CCCC3)cc1OC. The van der Waals surface area contributed by atoms with E-state index in [9.17, 15) is 4.79 Å². The summed E-state index contributed by atoms with van der Waals surface area (Å²) in [5.41, 5.74) is 1.53. The fraction of sp³-hybridized carbons (Fsp3) is 0.444. The smallest absolute Gasteiger partial charge is 0.257 e. The van der Waals surface area contributed by atoms with Crippen molar-refractivity contribution >= 4 is 34.0 Å². The number of nitrogens with one attached hydrogen (secondary N) is 1. The molecule has 0 saturated carbocycles. The first kappa shape index (κ1) is 18.0. The van der Waals surface area contributed by atoms with Gasteiger partial charge in [0.2, 0.25) is 0 Å². The van der Waals surface area contributed by atoms with E-state index in [2.05, 4.69) is 10.3 Å². The zero-order chi connectivity index (χ0) is 17.8. The number of carbonyl (C=O) groups excluding carboxylic acids is 1. The van der Waals surface area contributed by atoms with E-state index in [1.807, 2.05) is 6.92 Å². The summed E-state index contributed by atoms with van der Waals surface area (Å²) in [4.78, 5) is 18.4. The van der Waals surface area contributed by atoms with Crippen molar-refractivity contribution in [3.8, 4) is 11.5 Å². The number of aryl methyl sites for hydroxylation is 2. The minimum Gasteiger partial charge on any atom is -0.493 e. The van der Waals surface area contributed by atoms with Gasteiger partial charge in [0.05, 0.1) is 24.4 Å². The van der Waals surface area contributed by atoms with E-state index in [4.69, 9.17) is 21.1 Å². The van der Waals surface area contributed by atoms with E-state index in [-0.39, 0.29) is 5.91 Å². The third-order valence-electron chi connectivity index (χ3n) is 4.01. The predicted molar refractivity (Wildman–Crippen MR) is 100 cm³/mol. The lowest BCUT2D eigenvalue weighted by Crippen LogP contribution is -2.12. The summed E-state index contributed by atoms with van der Waals surface area (Å²) in [7, 11) is 1.53. The maximum atomic E-state index is 12.6. The molecule has 0 radical (unpaired) electrons. The lowest BCUT2D eigenvalue weighted by atomic mass is 10.0. The van der Waals surface area contributed by atoms with Crippen LogP contribution in [0.1, 0.15) is 47.1 Å². The molecule has 3 rings (SSSR count). The summed E-state index contributed by atoms with van der Waals surface area (Å²) in [6.07, 6.45) is 5.25. The lowest BCUT2D eigenvalue weighted by molar-refractivity contribution is 0.102. The van der Waals surface area contributed by atoms with Crippen molar-refractivity contribution in [2.24, 2.45) is 0 Å². The first-order chi connectivity index (χ1) is 12.1. The number of halogens is 1. The first-order valence-corrected chi connectivity index (χ1v) is 9.62. The standard InChI is InChI=1S/C18H21ClN2O3S/c1-3-8-24-16-12(19)9-11(10-14(16)23-2)17(22)21-18-20-13-6-4-5-7-15(13)25-18/h9-10H,3-8H2,1-2H3,(H,20,21,22). The van der Waals surface area contributed by atoms with Crippen LogP contribution < -0.4 is 14.8 Å². The molecular weight excluding hydrogens is 360 g/mol. The normalized spacial score (nSPS) is 13.2. The second-order valence-electron chi connectivity index (χ2n) is 5.89. The van der Waals surface area contributed by atoms with Gasteiger partial charge in [-0.1, -0.05) is 18.5 Å². The topological polar surface area (TPSA) is 60.5 Å². The van der Waals surface area contributed by atoms with Crippen LogP contribution in [-0.4, -0.2) is 24.6 Å². The molecule has 1 aliphatic rings. The van der Waals surface area contributed by atoms with Crippen molar-refractivity contribution in [3.63, 3.8) is 0 Å². The predicted octanol–water partition coefficient (Wildman–Crippen LogP) is 4.73. The number of nitrogens with zero attached hydrogens (tertiary/aromatic N) is 1. The lowest BCUT2D eigenvalue weighted by Gasteiger charge is -2.13. The zero-order valence-corrected chi connectivity index (χ0v) is 15.9. The van der Waals surface area contributed by atoms with E-state index in [0.717, 1.165) is 31.4 Å². The average Bonchev–Trinajstić information content (AvgIpc) is 3.02. The molecule has 1 heterocycles. The fourth-order valence-electron chi connectivity index (χ4n) is 2.77. The van der Waals surface area contributed by atoms with E-state index < -0.39 is 0 Å². The Morgan fingerprint density at radius 2 is 2.16 bits per heavy atom. The van der Waals surface area contributed by atoms with Gasteiger partial charge in [-0.2, -0.15) is 0 Å². The summed E-state index contributed by atoms with van der Waals surface area (Å²) in [5, 5.41) is 3.87. The van der Waals surface area contributed by atoms with Crippen molar-refractivity contribution in [1.82, 2.24) is 4.98 Å². The van der Waals surface area contributed by atoms with E-state index >= 15 is 0 Å². The van der Waals surface area contributed by atoms with Gasteiger partial charge in [-0.15, -0.1) is 11.3 Å². The Morgan fingerprint density at radius 1 is 1.36 bits per heavy atom. The van der Waals surface area contributed by atoms with Gasteiger partial charge in [0, 0.05) is 10.4 Å². The van der Waals surface area contributed by atoms with Crippen LogP contribution in [0, 0.1) is 0 Å². The number of carbonyl (C=O) groups is 1. The minimum absolute atomic E-state index is 0.256. The van der Waals surface area contributed by atoms with Crippen molar-refractivity contribution in [2.75, 3.05) is 19.0 Å². The number of benzene rings is 1. The van der Waals surface area contributed by atoms with E-state index in [0.29, 0.717) is 33.8 Å². The number of thiazole rings is 1. The Balaban J connectivity index is 1.79. The molecular formula is C18H21ClN2O3S. The number of rotatable bonds is 6. The number of hydrogen-bond acceptors (Lipinski definition) is 5. The highest BCUT2D eigenvalue weighted by atomic mass is 35.5. The van der Waals surface area contributed by atoms with Crippen molar-refractivity contribution in [3.05, 3.63) is 33.3 Å². The highest BCUT2D eigenvalue weighted by Crippen LogP contribution is 2.37. The van der Waals surface area contributed by atoms with Crippen LogP contribution >= 0.6 is 22.9 Å². The molecule has 1 N–H and O–H groups in total. The number of methoxy groups -OCH3 is 1. The molecule has 1 amide bonds. The number of ether oxygens (including phenoxy) is 2. The average molecular weight is 381 g/mol. The number of hydrogen-bond donors (Lipinski definition) is 1. The maximum absolute atomic E-state index is 12.6. The Morgan fingerprint density at radius 3 is 2.88 bits per heavy atom. The van der Waals surface area contributed by atoms with Gasteiger partial charge in [0.25, 0.3) is 5.91 Å². The largest absolute Gasteiger partial charge is 0.493 e. The number of anilines is 1. The monoisotopic (exact) mass is 380 g/mol. The quantitative estimate of drug-likeness (QED) is 0.787. The zero-order valence-electron chi connectivity index (χ0n) is 14.4. The van der Waals surface area contributed by atoms with Gasteiger partial charge in [-0.25, -0.2) is 4.98 Å². The van der Waals surface area contributed by atoms with Crippen LogP contribution in [0.5, 0.6) is 11.5 Å². The van der Waals surface area contributed by atoms with Crippen LogP contribution in [0.2, 0.25) is 5.02 Å². The molecule has 0 spiro atoms. The fourth-order valence-corrected chi connectivity index (χ4v) is 4.08. The molecule has 7 heteroatoms. The molecule has 5 nitrogen and oxygen atoms in total. The van der Waals surface area contributed by atoms with Crippen molar-refractivity contribution < 1.29 is 14.3 Å². The molecule has 1 aromatic carbocycles. The molecule has 2 aromatic rings. The van der Waals surface area contributed by atoms with Crippen molar-refractivity contribution in [1.29, 1.82) is 0 Å². The molecule has 0 atom stereocenters. The molecule has 25 heavy (non-hydrogen) atoms. The molecule has 1 aliphatic carbocycles. The Hall–Kier alpha value is -1.79. The van der Waals surface area contributed by atoms with Crippen LogP contribution in [0.4, 0.5) is 5.13 Å². The summed E-state index contributed by atoms with van der Waals surface area (Å²) in [6.45, 7) is 2.54. The summed E-state index contributed by atoms with van der Waals surface area (Å²) in [6, 6.07) is 3.23. The van der Waals surface area contributed by atoms with Gasteiger partial charge in [0.1, 0.15) is 0 Å². The number of amides is 1.